The fourth-order valence-electron chi connectivity index (χ4n) is 2.37. The van der Waals surface area contributed by atoms with E-state index in [0.717, 1.165) is 30.9 Å². The Labute approximate surface area is 97.1 Å². The standard InChI is InChI=1S/C13H20N2O/c1-11-5-4-6-12(14-11)9-15-8-3-2-7-13(15)10-16/h4-6,13,16H,2-3,7-10H2,1H3. The summed E-state index contributed by atoms with van der Waals surface area (Å²) in [5.41, 5.74) is 2.18. The van der Waals surface area contributed by atoms with Crippen molar-refractivity contribution in [1.29, 1.82) is 0 Å². The second-order valence-electron chi connectivity index (χ2n) is 4.57. The highest BCUT2D eigenvalue weighted by Crippen LogP contribution is 2.18. The number of likely N-dealkylation sites (tertiary alicyclic amines) is 1. The first kappa shape index (κ1) is 11.6. The summed E-state index contributed by atoms with van der Waals surface area (Å²) in [6, 6.07) is 6.46. The van der Waals surface area contributed by atoms with Crippen LogP contribution in [0.25, 0.3) is 0 Å². The normalized spacial score (nSPS) is 22.2. The van der Waals surface area contributed by atoms with Crippen molar-refractivity contribution in [3.63, 3.8) is 0 Å². The average molecular weight is 220 g/mol. The van der Waals surface area contributed by atoms with Crippen LogP contribution >= 0.6 is 0 Å². The maximum Gasteiger partial charge on any atom is 0.0587 e. The van der Waals surface area contributed by atoms with Crippen LogP contribution in [0.4, 0.5) is 0 Å². The minimum Gasteiger partial charge on any atom is -0.395 e. The monoisotopic (exact) mass is 220 g/mol. The topological polar surface area (TPSA) is 36.4 Å². The third kappa shape index (κ3) is 2.80. The van der Waals surface area contributed by atoms with E-state index < -0.39 is 0 Å². The third-order valence-corrected chi connectivity index (χ3v) is 3.27. The highest BCUT2D eigenvalue weighted by molar-refractivity contribution is 5.10. The Morgan fingerprint density at radius 3 is 3.06 bits per heavy atom. The van der Waals surface area contributed by atoms with Gasteiger partial charge in [0.1, 0.15) is 0 Å². The van der Waals surface area contributed by atoms with Gasteiger partial charge in [0.15, 0.2) is 0 Å². The molecule has 16 heavy (non-hydrogen) atoms. The van der Waals surface area contributed by atoms with Crippen LogP contribution in [0.15, 0.2) is 18.2 Å². The Bertz CT molecular complexity index is 340. The summed E-state index contributed by atoms with van der Waals surface area (Å²) in [5, 5.41) is 9.33. The molecule has 1 aromatic rings. The first-order valence-corrected chi connectivity index (χ1v) is 6.07. The number of rotatable bonds is 3. The number of hydrogen-bond donors (Lipinski definition) is 1. The lowest BCUT2D eigenvalue weighted by atomic mass is 10.0. The fraction of sp³-hybridized carbons (Fsp3) is 0.615. The average Bonchev–Trinajstić information content (AvgIpc) is 2.30. The van der Waals surface area contributed by atoms with Gasteiger partial charge in [-0.15, -0.1) is 0 Å². The molecule has 1 saturated heterocycles. The van der Waals surface area contributed by atoms with Crippen molar-refractivity contribution >= 4 is 0 Å². The molecule has 1 aliphatic rings. The molecule has 0 aromatic carbocycles. The Morgan fingerprint density at radius 2 is 2.31 bits per heavy atom. The van der Waals surface area contributed by atoms with Crippen LogP contribution in [-0.4, -0.2) is 34.2 Å². The molecule has 1 atom stereocenters. The maximum atomic E-state index is 9.33. The number of aromatic nitrogens is 1. The molecule has 2 heterocycles. The van der Waals surface area contributed by atoms with Crippen molar-refractivity contribution in [2.75, 3.05) is 13.2 Å². The first-order valence-electron chi connectivity index (χ1n) is 6.07. The van der Waals surface area contributed by atoms with Gasteiger partial charge in [-0.05, 0) is 38.4 Å². The number of piperidine rings is 1. The molecule has 3 nitrogen and oxygen atoms in total. The lowest BCUT2D eigenvalue weighted by Crippen LogP contribution is -2.41. The van der Waals surface area contributed by atoms with Gasteiger partial charge in [-0.2, -0.15) is 0 Å². The summed E-state index contributed by atoms with van der Waals surface area (Å²) in [4.78, 5) is 6.87. The maximum absolute atomic E-state index is 9.33. The molecule has 0 radical (unpaired) electrons. The number of nitrogens with zero attached hydrogens (tertiary/aromatic N) is 2. The largest absolute Gasteiger partial charge is 0.395 e. The molecule has 3 heteroatoms. The number of aliphatic hydroxyl groups is 1. The Kier molecular flexibility index (Phi) is 3.91. The van der Waals surface area contributed by atoms with Crippen LogP contribution in [0.5, 0.6) is 0 Å². The van der Waals surface area contributed by atoms with E-state index in [1.165, 1.54) is 12.8 Å². The molecule has 88 valence electrons. The summed E-state index contributed by atoms with van der Waals surface area (Å²) in [5.74, 6) is 0. The van der Waals surface area contributed by atoms with Crippen molar-refractivity contribution in [1.82, 2.24) is 9.88 Å². The van der Waals surface area contributed by atoms with Crippen molar-refractivity contribution in [2.24, 2.45) is 0 Å². The summed E-state index contributed by atoms with van der Waals surface area (Å²) in [7, 11) is 0. The third-order valence-electron chi connectivity index (χ3n) is 3.27. The molecule has 1 unspecified atom stereocenters. The van der Waals surface area contributed by atoms with Gasteiger partial charge in [-0.1, -0.05) is 12.5 Å². The Hall–Kier alpha value is -0.930. The van der Waals surface area contributed by atoms with Crippen LogP contribution in [-0.2, 0) is 6.54 Å². The lowest BCUT2D eigenvalue weighted by Gasteiger charge is -2.34. The zero-order valence-electron chi connectivity index (χ0n) is 9.89. The number of aliphatic hydroxyl groups excluding tert-OH is 1. The molecule has 1 fully saturated rings. The quantitative estimate of drug-likeness (QED) is 0.843. The predicted molar refractivity (Wildman–Crippen MR) is 64.1 cm³/mol. The van der Waals surface area contributed by atoms with Gasteiger partial charge < -0.3 is 5.11 Å². The molecule has 1 aliphatic heterocycles. The first-order chi connectivity index (χ1) is 7.79. The van der Waals surface area contributed by atoms with Gasteiger partial charge in [0, 0.05) is 18.3 Å². The highest BCUT2D eigenvalue weighted by atomic mass is 16.3. The molecule has 0 saturated carbocycles. The van der Waals surface area contributed by atoms with Gasteiger partial charge in [0.2, 0.25) is 0 Å². The molecule has 0 spiro atoms. The summed E-state index contributed by atoms with van der Waals surface area (Å²) < 4.78 is 0. The minimum atomic E-state index is 0.270. The summed E-state index contributed by atoms with van der Waals surface area (Å²) >= 11 is 0. The molecule has 1 N–H and O–H groups in total. The molecule has 1 aromatic heterocycles. The van der Waals surface area contributed by atoms with Gasteiger partial charge >= 0.3 is 0 Å². The molecular formula is C13H20N2O. The van der Waals surface area contributed by atoms with E-state index in [-0.39, 0.29) is 6.61 Å². The van der Waals surface area contributed by atoms with E-state index in [0.29, 0.717) is 6.04 Å². The van der Waals surface area contributed by atoms with Crippen molar-refractivity contribution < 1.29 is 5.11 Å². The predicted octanol–water partition coefficient (Wildman–Crippen LogP) is 1.74. The second kappa shape index (κ2) is 5.41. The second-order valence-corrected chi connectivity index (χ2v) is 4.57. The highest BCUT2D eigenvalue weighted by Gasteiger charge is 2.21. The van der Waals surface area contributed by atoms with Gasteiger partial charge in [0.25, 0.3) is 0 Å². The van der Waals surface area contributed by atoms with Crippen molar-refractivity contribution in [3.8, 4) is 0 Å². The van der Waals surface area contributed by atoms with Gasteiger partial charge in [-0.25, -0.2) is 0 Å². The minimum absolute atomic E-state index is 0.270. The molecule has 2 rings (SSSR count). The Morgan fingerprint density at radius 1 is 1.44 bits per heavy atom. The van der Waals surface area contributed by atoms with Crippen molar-refractivity contribution in [2.45, 2.75) is 38.8 Å². The SMILES string of the molecule is Cc1cccc(CN2CCCCC2CO)n1. The van der Waals surface area contributed by atoms with E-state index in [9.17, 15) is 5.11 Å². The summed E-state index contributed by atoms with van der Waals surface area (Å²) in [6.07, 6.45) is 3.59. The van der Waals surface area contributed by atoms with E-state index in [1.807, 2.05) is 13.0 Å². The van der Waals surface area contributed by atoms with Crippen molar-refractivity contribution in [3.05, 3.63) is 29.6 Å². The van der Waals surface area contributed by atoms with Crippen LogP contribution in [0.2, 0.25) is 0 Å². The van der Waals surface area contributed by atoms with Gasteiger partial charge in [-0.3, -0.25) is 9.88 Å². The van der Waals surface area contributed by atoms with E-state index in [1.54, 1.807) is 0 Å². The fourth-order valence-corrected chi connectivity index (χ4v) is 2.37. The van der Waals surface area contributed by atoms with Gasteiger partial charge in [0.05, 0.1) is 12.3 Å². The van der Waals surface area contributed by atoms with Crippen LogP contribution in [0, 0.1) is 6.92 Å². The zero-order chi connectivity index (χ0) is 11.4. The smallest absolute Gasteiger partial charge is 0.0587 e. The molecule has 0 aliphatic carbocycles. The lowest BCUT2D eigenvalue weighted by molar-refractivity contribution is 0.0830. The number of pyridine rings is 1. The molecule has 0 amide bonds. The number of hydrogen-bond acceptors (Lipinski definition) is 3. The van der Waals surface area contributed by atoms with Crippen LogP contribution in [0.1, 0.15) is 30.7 Å². The molecular weight excluding hydrogens is 200 g/mol. The van der Waals surface area contributed by atoms with Crippen LogP contribution in [0.3, 0.4) is 0 Å². The van der Waals surface area contributed by atoms with E-state index in [4.69, 9.17) is 0 Å². The van der Waals surface area contributed by atoms with E-state index >= 15 is 0 Å². The summed E-state index contributed by atoms with van der Waals surface area (Å²) in [6.45, 7) is 4.24. The number of aryl methyl sites for hydroxylation is 1. The van der Waals surface area contributed by atoms with Crippen LogP contribution < -0.4 is 0 Å². The zero-order valence-corrected chi connectivity index (χ0v) is 9.89. The van der Waals surface area contributed by atoms with E-state index in [2.05, 4.69) is 22.0 Å². The molecule has 0 bridgehead atoms. The Balaban J connectivity index is 2.02.